The van der Waals surface area contributed by atoms with E-state index in [4.69, 9.17) is 0 Å². The molecule has 0 saturated carbocycles. The maximum Gasteiger partial charge on any atom is 0.516 e. The Labute approximate surface area is 85.0 Å². The average Bonchev–Trinajstić information content (AvgIpc) is 2.00. The number of rotatable bonds is 2. The normalized spacial score (nSPS) is 12.5. The van der Waals surface area contributed by atoms with Crippen LogP contribution in [-0.4, -0.2) is 13.9 Å². The molecule has 0 fully saturated rings. The summed E-state index contributed by atoms with van der Waals surface area (Å²) in [6.07, 6.45) is 0. The van der Waals surface area contributed by atoms with E-state index >= 15 is 0 Å². The van der Waals surface area contributed by atoms with Gasteiger partial charge in [0.2, 0.25) is 0 Å². The first-order valence-electron chi connectivity index (χ1n) is 3.80. The number of nitrogens with one attached hydrogen (secondary N) is 1. The number of sulfonamides is 1. The average molecular weight is 238 g/mol. The molecular weight excluding hydrogens is 231 g/mol. The van der Waals surface area contributed by atoms with Crippen LogP contribution in [0.3, 0.4) is 0 Å². The second kappa shape index (κ2) is 3.73. The molecule has 3 nitrogen and oxygen atoms in total. The molecule has 1 radical (unpaired) electrons. The van der Waals surface area contributed by atoms with Gasteiger partial charge in [0.05, 0.1) is 0 Å². The monoisotopic (exact) mass is 238 g/mol. The Hall–Kier alpha value is -1.24. The molecule has 1 N–H and O–H groups in total. The van der Waals surface area contributed by atoms with Gasteiger partial charge in [0.1, 0.15) is 0 Å². The first kappa shape index (κ1) is 11.8. The molecule has 0 aliphatic rings. The van der Waals surface area contributed by atoms with Crippen molar-refractivity contribution in [3.05, 3.63) is 29.8 Å². The molecule has 1 aromatic carbocycles. The Balaban J connectivity index is 2.98. The maximum absolute atomic E-state index is 12.0. The first-order chi connectivity index (χ1) is 6.72. The number of hydrogen-bond donors (Lipinski definition) is 1. The van der Waals surface area contributed by atoms with Crippen LogP contribution in [0.25, 0.3) is 0 Å². The third-order valence-electron chi connectivity index (χ3n) is 1.50. The molecule has 0 aliphatic carbocycles. The van der Waals surface area contributed by atoms with Crippen molar-refractivity contribution in [2.75, 3.05) is 4.72 Å². The summed E-state index contributed by atoms with van der Waals surface area (Å²) in [7, 11) is -5.33. The van der Waals surface area contributed by atoms with Crippen molar-refractivity contribution in [1.82, 2.24) is 0 Å². The number of halogens is 3. The van der Waals surface area contributed by atoms with Gasteiger partial charge in [0, 0.05) is 5.69 Å². The van der Waals surface area contributed by atoms with Crippen LogP contribution in [0.2, 0.25) is 0 Å². The maximum atomic E-state index is 12.0. The molecule has 0 bridgehead atoms. The number of anilines is 1. The van der Waals surface area contributed by atoms with Crippen LogP contribution in [0.15, 0.2) is 18.2 Å². The van der Waals surface area contributed by atoms with E-state index in [1.54, 1.807) is 6.92 Å². The minimum atomic E-state index is -5.33. The Morgan fingerprint density at radius 3 is 2.47 bits per heavy atom. The van der Waals surface area contributed by atoms with Gasteiger partial charge >= 0.3 is 15.5 Å². The summed E-state index contributed by atoms with van der Waals surface area (Å²) >= 11 is 0. The predicted octanol–water partition coefficient (Wildman–Crippen LogP) is 2.06. The third-order valence-corrected chi connectivity index (χ3v) is 2.62. The summed E-state index contributed by atoms with van der Waals surface area (Å²) in [6, 6.07) is 6.46. The highest BCUT2D eigenvalue weighted by Gasteiger charge is 2.45. The lowest BCUT2D eigenvalue weighted by Crippen LogP contribution is -2.29. The quantitative estimate of drug-likeness (QED) is 0.857. The molecule has 0 heterocycles. The lowest BCUT2D eigenvalue weighted by Gasteiger charge is -2.10. The predicted molar refractivity (Wildman–Crippen MR) is 48.6 cm³/mol. The van der Waals surface area contributed by atoms with E-state index in [9.17, 15) is 21.6 Å². The van der Waals surface area contributed by atoms with Gasteiger partial charge in [0.25, 0.3) is 0 Å². The SMILES string of the molecule is Cc1[c]ccc(NS(=O)(=O)C(F)(F)F)c1. The van der Waals surface area contributed by atoms with Crippen molar-refractivity contribution < 1.29 is 21.6 Å². The molecule has 0 atom stereocenters. The largest absolute Gasteiger partial charge is 0.516 e. The van der Waals surface area contributed by atoms with Gasteiger partial charge in [-0.15, -0.1) is 0 Å². The fourth-order valence-electron chi connectivity index (χ4n) is 0.862. The molecule has 0 aromatic heterocycles. The molecule has 0 aliphatic heterocycles. The summed E-state index contributed by atoms with van der Waals surface area (Å²) < 4.78 is 58.7. The molecule has 1 rings (SSSR count). The molecule has 83 valence electrons. The van der Waals surface area contributed by atoms with E-state index in [1.807, 2.05) is 0 Å². The van der Waals surface area contributed by atoms with Crippen LogP contribution in [0.5, 0.6) is 0 Å². The highest BCUT2D eigenvalue weighted by atomic mass is 32.2. The zero-order chi connectivity index (χ0) is 11.7. The van der Waals surface area contributed by atoms with Crippen LogP contribution in [0.4, 0.5) is 18.9 Å². The zero-order valence-corrected chi connectivity index (χ0v) is 8.41. The van der Waals surface area contributed by atoms with Crippen LogP contribution in [0, 0.1) is 13.0 Å². The summed E-state index contributed by atoms with van der Waals surface area (Å²) in [6.45, 7) is 1.59. The number of hydrogen-bond acceptors (Lipinski definition) is 2. The van der Waals surface area contributed by atoms with Gasteiger partial charge < -0.3 is 0 Å². The van der Waals surface area contributed by atoms with Gasteiger partial charge in [-0.3, -0.25) is 4.72 Å². The van der Waals surface area contributed by atoms with Crippen molar-refractivity contribution in [2.24, 2.45) is 0 Å². The second-order valence-electron chi connectivity index (χ2n) is 2.81. The van der Waals surface area contributed by atoms with E-state index in [1.165, 1.54) is 22.9 Å². The number of benzene rings is 1. The van der Waals surface area contributed by atoms with Gasteiger partial charge in [-0.2, -0.15) is 21.6 Å². The lowest BCUT2D eigenvalue weighted by atomic mass is 10.2. The Kier molecular flexibility index (Phi) is 2.94. The van der Waals surface area contributed by atoms with Crippen LogP contribution < -0.4 is 4.72 Å². The minimum absolute atomic E-state index is 0.136. The fraction of sp³-hybridized carbons (Fsp3) is 0.250. The highest BCUT2D eigenvalue weighted by molar-refractivity contribution is 7.93. The van der Waals surface area contributed by atoms with Gasteiger partial charge in [-0.1, -0.05) is 6.07 Å². The van der Waals surface area contributed by atoms with Crippen LogP contribution >= 0.6 is 0 Å². The minimum Gasteiger partial charge on any atom is -0.276 e. The van der Waals surface area contributed by atoms with Crippen molar-refractivity contribution in [3.63, 3.8) is 0 Å². The summed E-state index contributed by atoms with van der Waals surface area (Å²) in [5.41, 5.74) is -4.90. The molecule has 0 spiro atoms. The van der Waals surface area contributed by atoms with Crippen molar-refractivity contribution in [1.29, 1.82) is 0 Å². The highest BCUT2D eigenvalue weighted by Crippen LogP contribution is 2.25. The van der Waals surface area contributed by atoms with E-state index in [0.29, 0.717) is 5.56 Å². The molecule has 7 heteroatoms. The topological polar surface area (TPSA) is 46.2 Å². The van der Waals surface area contributed by atoms with Crippen LogP contribution in [-0.2, 0) is 10.0 Å². The molecular formula is C8H7F3NO2S. The van der Waals surface area contributed by atoms with Gasteiger partial charge in [-0.05, 0) is 30.7 Å². The summed E-state index contributed by atoms with van der Waals surface area (Å²) in [5.74, 6) is 0. The smallest absolute Gasteiger partial charge is 0.276 e. The number of alkyl halides is 3. The summed E-state index contributed by atoms with van der Waals surface area (Å²) in [4.78, 5) is 0. The molecule has 0 saturated heterocycles. The van der Waals surface area contributed by atoms with E-state index in [0.717, 1.165) is 0 Å². The summed E-state index contributed by atoms with van der Waals surface area (Å²) in [5, 5.41) is 0. The van der Waals surface area contributed by atoms with Crippen LogP contribution in [0.1, 0.15) is 5.56 Å². The van der Waals surface area contributed by atoms with Crippen molar-refractivity contribution in [2.45, 2.75) is 12.4 Å². The van der Waals surface area contributed by atoms with Crippen molar-refractivity contribution >= 4 is 15.7 Å². The zero-order valence-electron chi connectivity index (χ0n) is 7.59. The lowest BCUT2D eigenvalue weighted by molar-refractivity contribution is -0.0429. The van der Waals surface area contributed by atoms with Gasteiger partial charge in [-0.25, -0.2) is 0 Å². The first-order valence-corrected chi connectivity index (χ1v) is 5.28. The molecule has 1 aromatic rings. The number of aryl methyl sites for hydroxylation is 1. The van der Waals surface area contributed by atoms with E-state index in [2.05, 4.69) is 6.07 Å². The third kappa shape index (κ3) is 2.85. The standard InChI is InChI=1S/C8H7F3NO2S/c1-6-3-2-4-7(5-6)12-15(13,14)8(9,10)11/h2,4-5,12H,1H3. The second-order valence-corrected chi connectivity index (χ2v) is 4.49. The van der Waals surface area contributed by atoms with Gasteiger partial charge in [0.15, 0.2) is 0 Å². The fourth-order valence-corrected chi connectivity index (χ4v) is 1.42. The van der Waals surface area contributed by atoms with Crippen molar-refractivity contribution in [3.8, 4) is 0 Å². The Morgan fingerprint density at radius 2 is 2.00 bits per heavy atom. The Morgan fingerprint density at radius 1 is 1.40 bits per heavy atom. The Bertz CT molecular complexity index is 453. The molecule has 0 unspecified atom stereocenters. The van der Waals surface area contributed by atoms with E-state index < -0.39 is 15.5 Å². The molecule has 0 amide bonds. The molecule has 15 heavy (non-hydrogen) atoms. The van der Waals surface area contributed by atoms with E-state index in [-0.39, 0.29) is 5.69 Å².